The molecule has 2 heteroatoms. The molecule has 0 atom stereocenters. The lowest BCUT2D eigenvalue weighted by Gasteiger charge is -2.19. The molecule has 2 rings (SSSR count). The summed E-state index contributed by atoms with van der Waals surface area (Å²) in [5.74, 6) is 0. The molecular weight excluding hydrogens is 220 g/mol. The van der Waals surface area contributed by atoms with Gasteiger partial charge in [0.25, 0.3) is 0 Å². The van der Waals surface area contributed by atoms with Crippen LogP contribution >= 0.6 is 0 Å². The lowest BCUT2D eigenvalue weighted by molar-refractivity contribution is 0.289. The maximum absolute atomic E-state index is 3.46. The predicted octanol–water partition coefficient (Wildman–Crippen LogP) is 2.53. The second-order valence-corrected chi connectivity index (χ2v) is 5.41. The first kappa shape index (κ1) is 13.6. The van der Waals surface area contributed by atoms with Gasteiger partial charge in [-0.25, -0.2) is 0 Å². The Kier molecular flexibility index (Phi) is 5.21. The largest absolute Gasteiger partial charge is 0.315 e. The van der Waals surface area contributed by atoms with Gasteiger partial charge in [-0.15, -0.1) is 0 Å². The fourth-order valence-corrected chi connectivity index (χ4v) is 2.70. The molecule has 1 aliphatic rings. The van der Waals surface area contributed by atoms with Crippen LogP contribution in [0.25, 0.3) is 0 Å². The molecule has 0 aromatic heterocycles. The summed E-state index contributed by atoms with van der Waals surface area (Å²) in [5.41, 5.74) is 4.43. The number of nitrogens with one attached hydrogen (secondary N) is 1. The van der Waals surface area contributed by atoms with E-state index in [1.165, 1.54) is 62.1 Å². The van der Waals surface area contributed by atoms with Crippen molar-refractivity contribution in [3.63, 3.8) is 0 Å². The minimum Gasteiger partial charge on any atom is -0.315 e. The summed E-state index contributed by atoms with van der Waals surface area (Å²) in [4.78, 5) is 2.60. The Morgan fingerprint density at radius 2 is 2.06 bits per heavy atom. The van der Waals surface area contributed by atoms with Gasteiger partial charge in [-0.05, 0) is 69.4 Å². The van der Waals surface area contributed by atoms with Crippen LogP contribution in [0.1, 0.15) is 29.5 Å². The Morgan fingerprint density at radius 1 is 1.17 bits per heavy atom. The molecule has 18 heavy (non-hydrogen) atoms. The molecule has 0 aliphatic carbocycles. The van der Waals surface area contributed by atoms with E-state index in [4.69, 9.17) is 0 Å². The molecule has 1 aromatic rings. The van der Waals surface area contributed by atoms with Gasteiger partial charge in [-0.1, -0.05) is 18.2 Å². The van der Waals surface area contributed by atoms with Crippen LogP contribution in [-0.4, -0.2) is 37.6 Å². The number of hydrogen-bond acceptors (Lipinski definition) is 2. The topological polar surface area (TPSA) is 15.3 Å². The summed E-state index contributed by atoms with van der Waals surface area (Å²) in [6, 6.07) is 6.68. The van der Waals surface area contributed by atoms with Crippen molar-refractivity contribution in [2.45, 2.75) is 33.1 Å². The van der Waals surface area contributed by atoms with E-state index >= 15 is 0 Å². The molecule has 0 unspecified atom stereocenters. The van der Waals surface area contributed by atoms with Crippen molar-refractivity contribution in [3.05, 3.63) is 34.9 Å². The molecule has 1 saturated heterocycles. The van der Waals surface area contributed by atoms with Crippen molar-refractivity contribution < 1.29 is 0 Å². The molecule has 100 valence electrons. The zero-order chi connectivity index (χ0) is 12.8. The average molecular weight is 246 g/mol. The molecule has 1 N–H and O–H groups in total. The van der Waals surface area contributed by atoms with Crippen LogP contribution in [0.3, 0.4) is 0 Å². The van der Waals surface area contributed by atoms with Gasteiger partial charge in [0.15, 0.2) is 0 Å². The molecular formula is C16H26N2. The minimum absolute atomic E-state index is 1.16. The standard InChI is InChI=1S/C16H26N2/c1-14-6-3-7-16(15(14)2)8-4-11-18-12-5-9-17-10-13-18/h3,6-7,17H,4-5,8-13H2,1-2H3. The highest BCUT2D eigenvalue weighted by molar-refractivity contribution is 5.33. The molecule has 1 fully saturated rings. The molecule has 0 spiro atoms. The Balaban J connectivity index is 1.79. The first-order chi connectivity index (χ1) is 8.77. The molecule has 1 aliphatic heterocycles. The Labute approximate surface area is 111 Å². The second kappa shape index (κ2) is 6.91. The fourth-order valence-electron chi connectivity index (χ4n) is 2.70. The molecule has 0 amide bonds. The van der Waals surface area contributed by atoms with Crippen molar-refractivity contribution in [2.24, 2.45) is 0 Å². The van der Waals surface area contributed by atoms with Crippen LogP contribution in [0, 0.1) is 13.8 Å². The van der Waals surface area contributed by atoms with Gasteiger partial charge in [-0.2, -0.15) is 0 Å². The van der Waals surface area contributed by atoms with Crippen LogP contribution in [0.5, 0.6) is 0 Å². The van der Waals surface area contributed by atoms with Gasteiger partial charge in [0.2, 0.25) is 0 Å². The fraction of sp³-hybridized carbons (Fsp3) is 0.625. The van der Waals surface area contributed by atoms with E-state index < -0.39 is 0 Å². The minimum atomic E-state index is 1.16. The monoisotopic (exact) mass is 246 g/mol. The van der Waals surface area contributed by atoms with Gasteiger partial charge in [0, 0.05) is 13.1 Å². The SMILES string of the molecule is Cc1cccc(CCCN2CCCNCC2)c1C. The van der Waals surface area contributed by atoms with Gasteiger partial charge in [-0.3, -0.25) is 0 Å². The van der Waals surface area contributed by atoms with E-state index in [2.05, 4.69) is 42.3 Å². The molecule has 2 nitrogen and oxygen atoms in total. The van der Waals surface area contributed by atoms with Crippen LogP contribution in [0.2, 0.25) is 0 Å². The Bertz CT molecular complexity index is 365. The summed E-state index contributed by atoms with van der Waals surface area (Å²) in [5, 5.41) is 3.46. The van der Waals surface area contributed by atoms with E-state index in [0.717, 1.165) is 6.54 Å². The third kappa shape index (κ3) is 3.82. The first-order valence-electron chi connectivity index (χ1n) is 7.25. The van der Waals surface area contributed by atoms with Gasteiger partial charge >= 0.3 is 0 Å². The third-order valence-corrected chi connectivity index (χ3v) is 4.07. The summed E-state index contributed by atoms with van der Waals surface area (Å²) in [6.45, 7) is 10.5. The van der Waals surface area contributed by atoms with Gasteiger partial charge in [0.1, 0.15) is 0 Å². The highest BCUT2D eigenvalue weighted by Crippen LogP contribution is 2.14. The van der Waals surface area contributed by atoms with Crippen LogP contribution in [0.15, 0.2) is 18.2 Å². The number of nitrogens with zero attached hydrogens (tertiary/aromatic N) is 1. The first-order valence-corrected chi connectivity index (χ1v) is 7.25. The summed E-state index contributed by atoms with van der Waals surface area (Å²) < 4.78 is 0. The van der Waals surface area contributed by atoms with Crippen molar-refractivity contribution >= 4 is 0 Å². The smallest absolute Gasteiger partial charge is 0.0107 e. The van der Waals surface area contributed by atoms with Crippen molar-refractivity contribution in [3.8, 4) is 0 Å². The van der Waals surface area contributed by atoms with Crippen LogP contribution in [-0.2, 0) is 6.42 Å². The highest BCUT2D eigenvalue weighted by Gasteiger charge is 2.08. The lowest BCUT2D eigenvalue weighted by Crippen LogP contribution is -2.29. The average Bonchev–Trinajstić information content (AvgIpc) is 2.63. The van der Waals surface area contributed by atoms with Crippen molar-refractivity contribution in [2.75, 3.05) is 32.7 Å². The Hall–Kier alpha value is -0.860. The molecule has 0 bridgehead atoms. The van der Waals surface area contributed by atoms with E-state index in [-0.39, 0.29) is 0 Å². The lowest BCUT2D eigenvalue weighted by atomic mass is 10.00. The quantitative estimate of drug-likeness (QED) is 0.878. The Morgan fingerprint density at radius 3 is 2.94 bits per heavy atom. The third-order valence-electron chi connectivity index (χ3n) is 4.07. The predicted molar refractivity (Wildman–Crippen MR) is 78.2 cm³/mol. The molecule has 1 heterocycles. The maximum atomic E-state index is 3.46. The van der Waals surface area contributed by atoms with Crippen molar-refractivity contribution in [1.82, 2.24) is 10.2 Å². The van der Waals surface area contributed by atoms with E-state index in [1.54, 1.807) is 0 Å². The number of aryl methyl sites for hydroxylation is 2. The van der Waals surface area contributed by atoms with E-state index in [1.807, 2.05) is 0 Å². The van der Waals surface area contributed by atoms with Crippen LogP contribution in [0.4, 0.5) is 0 Å². The van der Waals surface area contributed by atoms with Crippen LogP contribution < -0.4 is 5.32 Å². The van der Waals surface area contributed by atoms with Crippen molar-refractivity contribution in [1.29, 1.82) is 0 Å². The zero-order valence-electron chi connectivity index (χ0n) is 11.8. The molecule has 0 radical (unpaired) electrons. The van der Waals surface area contributed by atoms with Gasteiger partial charge < -0.3 is 10.2 Å². The summed E-state index contributed by atoms with van der Waals surface area (Å²) in [6.07, 6.45) is 3.80. The van der Waals surface area contributed by atoms with E-state index in [0.29, 0.717) is 0 Å². The van der Waals surface area contributed by atoms with E-state index in [9.17, 15) is 0 Å². The second-order valence-electron chi connectivity index (χ2n) is 5.41. The number of benzene rings is 1. The highest BCUT2D eigenvalue weighted by atomic mass is 15.1. The molecule has 1 aromatic carbocycles. The summed E-state index contributed by atoms with van der Waals surface area (Å²) >= 11 is 0. The summed E-state index contributed by atoms with van der Waals surface area (Å²) in [7, 11) is 0. The normalized spacial score (nSPS) is 17.7. The van der Waals surface area contributed by atoms with Gasteiger partial charge in [0.05, 0.1) is 0 Å². The number of hydrogen-bond donors (Lipinski definition) is 1. The number of rotatable bonds is 4. The maximum Gasteiger partial charge on any atom is 0.0107 e. The molecule has 0 saturated carbocycles. The zero-order valence-corrected chi connectivity index (χ0v) is 11.8.